The van der Waals surface area contributed by atoms with Crippen LogP contribution < -0.4 is 0 Å². The first kappa shape index (κ1) is 8.01. The van der Waals surface area contributed by atoms with Crippen LogP contribution in [0.5, 0.6) is 0 Å². The maximum Gasteiger partial charge on any atom is 0.153 e. The number of rotatable bonds is 2. The van der Waals surface area contributed by atoms with Gasteiger partial charge in [-0.25, -0.2) is 0 Å². The van der Waals surface area contributed by atoms with Crippen LogP contribution in [0.1, 0.15) is 6.42 Å². The molecule has 3 heteroatoms. The van der Waals surface area contributed by atoms with E-state index in [1.807, 2.05) is 0 Å². The molecule has 1 N–H and O–H groups in total. The molecule has 0 radical (unpaired) electrons. The van der Waals surface area contributed by atoms with Crippen molar-refractivity contribution in [2.45, 2.75) is 12.5 Å². The molecular formula is C8H10O3. The summed E-state index contributed by atoms with van der Waals surface area (Å²) in [5, 5.41) is 9.11. The summed E-state index contributed by atoms with van der Waals surface area (Å²) in [5.74, 6) is 0.551. The van der Waals surface area contributed by atoms with E-state index >= 15 is 0 Å². The second kappa shape index (κ2) is 3.34. The van der Waals surface area contributed by atoms with E-state index in [4.69, 9.17) is 9.84 Å². The summed E-state index contributed by atoms with van der Waals surface area (Å²) in [6.07, 6.45) is 3.74. The zero-order valence-electron chi connectivity index (χ0n) is 6.28. The minimum atomic E-state index is -0.520. The Labute approximate surface area is 65.0 Å². The zero-order chi connectivity index (χ0) is 8.27. The van der Waals surface area contributed by atoms with Crippen molar-refractivity contribution in [1.29, 1.82) is 0 Å². The minimum absolute atomic E-state index is 0.390. The zero-order valence-corrected chi connectivity index (χ0v) is 6.28. The number of hydrogen-bond acceptors (Lipinski definition) is 3. The topological polar surface area (TPSA) is 46.5 Å². The van der Waals surface area contributed by atoms with Crippen molar-refractivity contribution >= 4 is 6.29 Å². The molecule has 1 rings (SSSR count). The Balaban J connectivity index is 2.85. The Morgan fingerprint density at radius 3 is 3.09 bits per heavy atom. The van der Waals surface area contributed by atoms with E-state index in [1.54, 1.807) is 12.2 Å². The molecule has 0 fully saturated rings. The van der Waals surface area contributed by atoms with Crippen molar-refractivity contribution < 1.29 is 14.6 Å². The Hall–Kier alpha value is -1.09. The summed E-state index contributed by atoms with van der Waals surface area (Å²) in [4.78, 5) is 10.4. The maximum absolute atomic E-state index is 10.4. The Kier molecular flexibility index (Phi) is 2.44. The van der Waals surface area contributed by atoms with Gasteiger partial charge in [0.05, 0.1) is 18.8 Å². The van der Waals surface area contributed by atoms with Gasteiger partial charge in [-0.15, -0.1) is 0 Å². The summed E-state index contributed by atoms with van der Waals surface area (Å²) < 4.78 is 4.90. The number of aldehydes is 1. The number of aliphatic hydroxyl groups is 1. The molecule has 1 atom stereocenters. The van der Waals surface area contributed by atoms with E-state index in [9.17, 15) is 4.79 Å². The fraction of sp³-hybridized carbons (Fsp3) is 0.375. The van der Waals surface area contributed by atoms with Crippen molar-refractivity contribution in [3.05, 3.63) is 23.5 Å². The Morgan fingerprint density at radius 2 is 2.55 bits per heavy atom. The van der Waals surface area contributed by atoms with Gasteiger partial charge in [-0.2, -0.15) is 0 Å². The van der Waals surface area contributed by atoms with Crippen LogP contribution in [-0.4, -0.2) is 24.6 Å². The molecule has 60 valence electrons. The summed E-state index contributed by atoms with van der Waals surface area (Å²) in [7, 11) is 1.49. The molecule has 0 amide bonds. The molecular weight excluding hydrogens is 144 g/mol. The van der Waals surface area contributed by atoms with E-state index < -0.39 is 6.10 Å². The fourth-order valence-corrected chi connectivity index (χ4v) is 0.990. The first-order valence-corrected chi connectivity index (χ1v) is 3.36. The molecule has 1 aliphatic carbocycles. The average molecular weight is 154 g/mol. The van der Waals surface area contributed by atoms with Gasteiger partial charge >= 0.3 is 0 Å². The van der Waals surface area contributed by atoms with Gasteiger partial charge in [0.25, 0.3) is 0 Å². The van der Waals surface area contributed by atoms with Crippen LogP contribution in [0.3, 0.4) is 0 Å². The van der Waals surface area contributed by atoms with Crippen LogP contribution in [-0.2, 0) is 9.53 Å². The standard InChI is InChI=1S/C8H10O3/c1-11-8-4-7(10)3-2-6(8)5-9/h2-3,5,7,10H,4H2,1H3. The number of hydrogen-bond donors (Lipinski definition) is 1. The van der Waals surface area contributed by atoms with Crippen molar-refractivity contribution in [2.24, 2.45) is 0 Å². The van der Waals surface area contributed by atoms with Gasteiger partial charge < -0.3 is 9.84 Å². The third kappa shape index (κ3) is 1.68. The highest BCUT2D eigenvalue weighted by molar-refractivity contribution is 5.78. The number of allylic oxidation sites excluding steroid dienone is 2. The van der Waals surface area contributed by atoms with Gasteiger partial charge in [0.15, 0.2) is 6.29 Å². The van der Waals surface area contributed by atoms with Crippen LogP contribution >= 0.6 is 0 Å². The summed E-state index contributed by atoms with van der Waals surface area (Å²) in [5.41, 5.74) is 0.512. The molecule has 0 aromatic heterocycles. The van der Waals surface area contributed by atoms with Gasteiger partial charge in [0.2, 0.25) is 0 Å². The third-order valence-electron chi connectivity index (χ3n) is 1.59. The monoisotopic (exact) mass is 154 g/mol. The van der Waals surface area contributed by atoms with E-state index in [-0.39, 0.29) is 0 Å². The molecule has 0 spiro atoms. The lowest BCUT2D eigenvalue weighted by Gasteiger charge is -2.14. The van der Waals surface area contributed by atoms with Crippen LogP contribution in [0.25, 0.3) is 0 Å². The lowest BCUT2D eigenvalue weighted by atomic mass is 10.0. The summed E-state index contributed by atoms with van der Waals surface area (Å²) >= 11 is 0. The normalized spacial score (nSPS) is 23.6. The van der Waals surface area contributed by atoms with Gasteiger partial charge in [-0.05, 0) is 6.08 Å². The smallest absolute Gasteiger partial charge is 0.153 e. The van der Waals surface area contributed by atoms with E-state index in [0.717, 1.165) is 6.29 Å². The van der Waals surface area contributed by atoms with E-state index in [2.05, 4.69) is 0 Å². The highest BCUT2D eigenvalue weighted by atomic mass is 16.5. The van der Waals surface area contributed by atoms with Crippen molar-refractivity contribution in [1.82, 2.24) is 0 Å². The molecule has 1 unspecified atom stereocenters. The largest absolute Gasteiger partial charge is 0.500 e. The molecule has 1 aliphatic rings. The number of carbonyl (C=O) groups excluding carboxylic acids is 1. The minimum Gasteiger partial charge on any atom is -0.500 e. The van der Waals surface area contributed by atoms with Gasteiger partial charge in [0, 0.05) is 6.42 Å². The Morgan fingerprint density at radius 1 is 1.82 bits per heavy atom. The molecule has 0 bridgehead atoms. The van der Waals surface area contributed by atoms with Crippen LogP contribution in [0.15, 0.2) is 23.5 Å². The lowest BCUT2D eigenvalue weighted by Crippen LogP contribution is -2.11. The predicted molar refractivity (Wildman–Crippen MR) is 39.9 cm³/mol. The summed E-state index contributed by atoms with van der Waals surface area (Å²) in [6.45, 7) is 0. The van der Waals surface area contributed by atoms with E-state index in [1.165, 1.54) is 7.11 Å². The maximum atomic E-state index is 10.4. The number of aliphatic hydroxyl groups excluding tert-OH is 1. The summed E-state index contributed by atoms with van der Waals surface area (Å²) in [6, 6.07) is 0. The molecule has 0 aromatic carbocycles. The van der Waals surface area contributed by atoms with Gasteiger partial charge in [-0.1, -0.05) is 6.08 Å². The van der Waals surface area contributed by atoms with E-state index in [0.29, 0.717) is 17.8 Å². The second-order valence-electron chi connectivity index (χ2n) is 2.33. The number of methoxy groups -OCH3 is 1. The van der Waals surface area contributed by atoms with Crippen LogP contribution in [0.2, 0.25) is 0 Å². The molecule has 11 heavy (non-hydrogen) atoms. The van der Waals surface area contributed by atoms with Crippen molar-refractivity contribution in [2.75, 3.05) is 7.11 Å². The number of carbonyl (C=O) groups is 1. The van der Waals surface area contributed by atoms with Crippen LogP contribution in [0.4, 0.5) is 0 Å². The molecule has 0 saturated carbocycles. The first-order valence-electron chi connectivity index (χ1n) is 3.36. The molecule has 3 nitrogen and oxygen atoms in total. The van der Waals surface area contributed by atoms with Gasteiger partial charge in [0.1, 0.15) is 5.76 Å². The highest BCUT2D eigenvalue weighted by Gasteiger charge is 2.13. The van der Waals surface area contributed by atoms with Gasteiger partial charge in [-0.3, -0.25) is 4.79 Å². The molecule has 0 heterocycles. The molecule has 0 aliphatic heterocycles. The van der Waals surface area contributed by atoms with Crippen molar-refractivity contribution in [3.8, 4) is 0 Å². The highest BCUT2D eigenvalue weighted by Crippen LogP contribution is 2.17. The average Bonchev–Trinajstić information content (AvgIpc) is 2.04. The lowest BCUT2D eigenvalue weighted by molar-refractivity contribution is -0.104. The number of ether oxygens (including phenoxy) is 1. The first-order chi connectivity index (χ1) is 5.27. The molecule has 0 aromatic rings. The fourth-order valence-electron chi connectivity index (χ4n) is 0.990. The van der Waals surface area contributed by atoms with Crippen LogP contribution in [0, 0.1) is 0 Å². The third-order valence-corrected chi connectivity index (χ3v) is 1.59. The SMILES string of the molecule is COC1=C(C=O)C=CC(O)C1. The predicted octanol–water partition coefficient (Wildman–Crippen LogP) is 0.407. The molecule has 0 saturated heterocycles. The Bertz CT molecular complexity index is 215. The quantitative estimate of drug-likeness (QED) is 0.586. The second-order valence-corrected chi connectivity index (χ2v) is 2.33. The van der Waals surface area contributed by atoms with Crippen molar-refractivity contribution in [3.63, 3.8) is 0 Å².